The average molecular weight is 723 g/mol. The van der Waals surface area contributed by atoms with E-state index in [1.807, 2.05) is 20.8 Å². The number of hydrogen-bond donors (Lipinski definition) is 0. The lowest BCUT2D eigenvalue weighted by Crippen LogP contribution is -2.74. The predicted molar refractivity (Wildman–Crippen MR) is 131 cm³/mol. The minimum absolute atomic E-state index is 0.0628. The largest absolute Gasteiger partial charge is 0.460 e. The molecule has 0 saturated heterocycles. The molecular weight excluding hydrogens is 683 g/mol. The summed E-state index contributed by atoms with van der Waals surface area (Å²) in [4.78, 5) is 0. The van der Waals surface area contributed by atoms with Gasteiger partial charge in [0.2, 0.25) is 0 Å². The molecule has 0 fully saturated rings. The fourth-order valence-electron chi connectivity index (χ4n) is 3.72. The van der Waals surface area contributed by atoms with Gasteiger partial charge in [0.25, 0.3) is 5.97 Å². The van der Waals surface area contributed by atoms with Crippen LogP contribution in [0.25, 0.3) is 0 Å². The van der Waals surface area contributed by atoms with E-state index in [-0.39, 0.29) is 6.92 Å². The Morgan fingerprint density at radius 2 is 0.674 bits per heavy atom. The van der Waals surface area contributed by atoms with Crippen molar-refractivity contribution < 1.29 is 88.8 Å². The molecule has 0 heterocycles. The van der Waals surface area contributed by atoms with Crippen molar-refractivity contribution in [1.29, 1.82) is 0 Å². The van der Waals surface area contributed by atoms with Crippen molar-refractivity contribution in [3.05, 3.63) is 0 Å². The molecule has 0 aliphatic carbocycles. The molecule has 0 radical (unpaired) electrons. The van der Waals surface area contributed by atoms with E-state index in [0.29, 0.717) is 19.8 Å². The van der Waals surface area contributed by atoms with Crippen molar-refractivity contribution >= 4 is 0 Å². The molecule has 280 valence electrons. The summed E-state index contributed by atoms with van der Waals surface area (Å²) < 4.78 is 233. The van der Waals surface area contributed by atoms with E-state index in [0.717, 1.165) is 12.8 Å². The van der Waals surface area contributed by atoms with Gasteiger partial charge < -0.3 is 14.2 Å². The summed E-state index contributed by atoms with van der Waals surface area (Å²) in [5, 5.41) is 0. The molecule has 0 aliphatic rings. The Labute approximate surface area is 255 Å². The highest BCUT2D eigenvalue weighted by molar-refractivity contribution is 5.14. The summed E-state index contributed by atoms with van der Waals surface area (Å²) >= 11 is 0. The van der Waals surface area contributed by atoms with Crippen LogP contribution < -0.4 is 0 Å². The van der Waals surface area contributed by atoms with E-state index in [1.54, 1.807) is 0 Å². The Balaban J connectivity index is 0. The summed E-state index contributed by atoms with van der Waals surface area (Å²) in [6, 6.07) is 0. The van der Waals surface area contributed by atoms with Crippen LogP contribution in [0.5, 0.6) is 0 Å². The van der Waals surface area contributed by atoms with Crippen molar-refractivity contribution in [2.45, 2.75) is 146 Å². The van der Waals surface area contributed by atoms with Gasteiger partial charge in [-0.15, -0.1) is 0 Å². The quantitative estimate of drug-likeness (QED) is 0.0671. The van der Waals surface area contributed by atoms with Crippen LogP contribution in [-0.2, 0) is 14.2 Å². The molecular formula is C26H39F17O3. The minimum atomic E-state index is -8.56. The normalized spacial score (nSPS) is 14.7. The number of unbranched alkanes of at least 4 members (excludes halogenated alkanes) is 6. The maximum absolute atomic E-state index is 13.1. The number of alkyl halides is 17. The summed E-state index contributed by atoms with van der Waals surface area (Å²) in [6.45, 7) is 10.0. The third-order valence-corrected chi connectivity index (χ3v) is 6.41. The fourth-order valence-corrected chi connectivity index (χ4v) is 3.72. The average Bonchev–Trinajstić information content (AvgIpc) is 2.92. The summed E-state index contributed by atoms with van der Waals surface area (Å²) in [6.07, 6.45) is -0.333. The molecule has 0 atom stereocenters. The van der Waals surface area contributed by atoms with Crippen molar-refractivity contribution in [2.24, 2.45) is 0 Å². The van der Waals surface area contributed by atoms with Gasteiger partial charge in [0.05, 0.1) is 0 Å². The van der Waals surface area contributed by atoms with Crippen LogP contribution in [0.15, 0.2) is 0 Å². The van der Waals surface area contributed by atoms with Crippen LogP contribution in [0.3, 0.4) is 0 Å². The zero-order chi connectivity index (χ0) is 37.1. The number of ether oxygens (including phenoxy) is 3. The Morgan fingerprint density at radius 3 is 0.978 bits per heavy atom. The molecule has 0 bridgehead atoms. The Bertz CT molecular complexity index is 844. The highest BCUT2D eigenvalue weighted by atomic mass is 19.4. The minimum Gasteiger partial charge on any atom is -0.328 e. The molecule has 0 aromatic carbocycles. The molecule has 20 heteroatoms. The highest BCUT2D eigenvalue weighted by Crippen LogP contribution is 2.64. The zero-order valence-corrected chi connectivity index (χ0v) is 25.6. The molecule has 3 nitrogen and oxygen atoms in total. The fraction of sp³-hybridized carbons (Fsp3) is 1.00. The maximum Gasteiger partial charge on any atom is 0.460 e. The van der Waals surface area contributed by atoms with Crippen molar-refractivity contribution in [1.82, 2.24) is 0 Å². The first-order valence-electron chi connectivity index (χ1n) is 14.2. The van der Waals surface area contributed by atoms with Crippen molar-refractivity contribution in [3.63, 3.8) is 0 Å². The lowest BCUT2D eigenvalue weighted by atomic mass is 9.88. The van der Waals surface area contributed by atoms with Gasteiger partial charge in [-0.3, -0.25) is 0 Å². The highest BCUT2D eigenvalue weighted by Gasteiger charge is 2.95. The van der Waals surface area contributed by atoms with Crippen LogP contribution in [-0.4, -0.2) is 73.4 Å². The maximum atomic E-state index is 13.1. The van der Waals surface area contributed by atoms with E-state index in [9.17, 15) is 74.6 Å². The lowest BCUT2D eigenvalue weighted by molar-refractivity contribution is -0.461. The Hall–Kier alpha value is -1.31. The van der Waals surface area contributed by atoms with Gasteiger partial charge in [0.15, 0.2) is 0 Å². The van der Waals surface area contributed by atoms with Crippen LogP contribution in [0, 0.1) is 0 Å². The number of halogens is 17. The van der Waals surface area contributed by atoms with E-state index >= 15 is 0 Å². The monoisotopic (exact) mass is 722 g/mol. The molecule has 0 amide bonds. The molecule has 0 aromatic heterocycles. The van der Waals surface area contributed by atoms with E-state index in [2.05, 4.69) is 6.92 Å². The summed E-state index contributed by atoms with van der Waals surface area (Å²) in [5.41, 5.74) is 0. The van der Waals surface area contributed by atoms with Gasteiger partial charge in [-0.05, 0) is 27.2 Å². The third-order valence-electron chi connectivity index (χ3n) is 6.41. The van der Waals surface area contributed by atoms with Gasteiger partial charge in [-0.25, -0.2) is 0 Å². The molecule has 0 spiro atoms. The van der Waals surface area contributed by atoms with Crippen molar-refractivity contribution in [3.8, 4) is 0 Å². The Kier molecular flexibility index (Phi) is 17.7. The first-order valence-corrected chi connectivity index (χ1v) is 14.2. The van der Waals surface area contributed by atoms with Crippen molar-refractivity contribution in [2.75, 3.05) is 19.8 Å². The lowest BCUT2D eigenvalue weighted by Gasteiger charge is -2.42. The second kappa shape index (κ2) is 17.4. The predicted octanol–water partition coefficient (Wildman–Crippen LogP) is 11.3. The van der Waals surface area contributed by atoms with E-state index < -0.39 is 60.0 Å². The van der Waals surface area contributed by atoms with Gasteiger partial charge in [0, 0.05) is 32.7 Å². The number of rotatable bonds is 21. The second-order valence-corrected chi connectivity index (χ2v) is 9.86. The van der Waals surface area contributed by atoms with Crippen LogP contribution in [0.1, 0.15) is 92.4 Å². The molecule has 0 saturated carbocycles. The molecule has 0 aromatic rings. The van der Waals surface area contributed by atoms with Crippen LogP contribution >= 0.6 is 0 Å². The number of hydrogen-bond acceptors (Lipinski definition) is 3. The first kappa shape index (κ1) is 46.8. The SMILES string of the molecule is CCC(F)(F)C(F)(F)C(F)(F)C(F)(F)C(F)(F)C(F)(F)C(F)(F)C(F)(F)F.CCCCCCCCCC(OCC)(OCC)OCC. The second-order valence-electron chi connectivity index (χ2n) is 9.86. The molecule has 0 N–H and O–H groups in total. The molecule has 0 rings (SSSR count). The molecule has 0 unspecified atom stereocenters. The first-order chi connectivity index (χ1) is 20.6. The van der Waals surface area contributed by atoms with Gasteiger partial charge in [-0.1, -0.05) is 52.4 Å². The van der Waals surface area contributed by atoms with Gasteiger partial charge in [0.1, 0.15) is 0 Å². The molecule has 46 heavy (non-hydrogen) atoms. The Morgan fingerprint density at radius 1 is 0.370 bits per heavy atom. The van der Waals surface area contributed by atoms with Gasteiger partial charge in [-0.2, -0.15) is 74.6 Å². The van der Waals surface area contributed by atoms with Crippen LogP contribution in [0.2, 0.25) is 0 Å². The smallest absolute Gasteiger partial charge is 0.328 e. The van der Waals surface area contributed by atoms with Crippen LogP contribution in [0.4, 0.5) is 74.6 Å². The van der Waals surface area contributed by atoms with Gasteiger partial charge >= 0.3 is 47.6 Å². The topological polar surface area (TPSA) is 27.7 Å². The standard InChI is InChI=1S/C16H34O3.C10H5F17/c1-5-9-10-11-12-13-14-15-16(17-6-2,18-7-3)19-8-4;1-2-3(11,12)4(13,14)5(15,16)6(17,18)7(19,20)8(21,22)9(23,24)10(25,26)27/h5-15H2,1-4H3;2H2,1H3. The van der Waals surface area contributed by atoms with E-state index in [1.165, 1.54) is 38.5 Å². The van der Waals surface area contributed by atoms with E-state index in [4.69, 9.17) is 14.2 Å². The summed E-state index contributed by atoms with van der Waals surface area (Å²) in [5.74, 6) is -56.4. The summed E-state index contributed by atoms with van der Waals surface area (Å²) in [7, 11) is 0. The third kappa shape index (κ3) is 9.87. The zero-order valence-electron chi connectivity index (χ0n) is 25.6. The molecule has 0 aliphatic heterocycles.